The van der Waals surface area contributed by atoms with Gasteiger partial charge in [0.1, 0.15) is 17.7 Å². The summed E-state index contributed by atoms with van der Waals surface area (Å²) in [6.45, 7) is 1.72. The number of hydrogen-bond donors (Lipinski definition) is 0. The summed E-state index contributed by atoms with van der Waals surface area (Å²) in [4.78, 5) is 10.9. The SMILES string of the molecule is COC(=O)CC(C)Oc1cccc(F)c1. The third-order valence-corrected chi connectivity index (χ3v) is 1.82. The van der Waals surface area contributed by atoms with E-state index in [4.69, 9.17) is 4.74 Å². The van der Waals surface area contributed by atoms with Crippen molar-refractivity contribution in [1.82, 2.24) is 0 Å². The lowest BCUT2D eigenvalue weighted by molar-refractivity contribution is -0.142. The van der Waals surface area contributed by atoms with Crippen LogP contribution in [0.1, 0.15) is 13.3 Å². The molecule has 0 aliphatic carbocycles. The first-order valence-corrected chi connectivity index (χ1v) is 4.61. The molecule has 0 aromatic heterocycles. The second-order valence-corrected chi connectivity index (χ2v) is 3.17. The first-order chi connectivity index (χ1) is 7.11. The summed E-state index contributed by atoms with van der Waals surface area (Å²) < 4.78 is 22.6. The predicted octanol–water partition coefficient (Wildman–Crippen LogP) is 2.16. The van der Waals surface area contributed by atoms with Gasteiger partial charge >= 0.3 is 5.97 Å². The Morgan fingerprint density at radius 2 is 2.27 bits per heavy atom. The van der Waals surface area contributed by atoms with Crippen LogP contribution in [0.5, 0.6) is 5.75 Å². The van der Waals surface area contributed by atoms with Crippen molar-refractivity contribution in [1.29, 1.82) is 0 Å². The van der Waals surface area contributed by atoms with Crippen LogP contribution in [0, 0.1) is 5.82 Å². The maximum absolute atomic E-state index is 12.8. The number of ether oxygens (including phenoxy) is 2. The van der Waals surface area contributed by atoms with Gasteiger partial charge in [-0.2, -0.15) is 0 Å². The molecule has 0 fully saturated rings. The van der Waals surface area contributed by atoms with Crippen LogP contribution in [0.25, 0.3) is 0 Å². The van der Waals surface area contributed by atoms with E-state index < -0.39 is 0 Å². The quantitative estimate of drug-likeness (QED) is 0.717. The Labute approximate surface area is 87.8 Å². The summed E-state index contributed by atoms with van der Waals surface area (Å²) in [5.74, 6) is -0.303. The summed E-state index contributed by atoms with van der Waals surface area (Å²) in [6, 6.07) is 5.79. The molecular weight excluding hydrogens is 199 g/mol. The standard InChI is InChI=1S/C11H13FO3/c1-8(6-11(13)14-2)15-10-5-3-4-9(12)7-10/h3-5,7-8H,6H2,1-2H3. The number of carbonyl (C=O) groups excluding carboxylic acids is 1. The largest absolute Gasteiger partial charge is 0.490 e. The second kappa shape index (κ2) is 5.34. The minimum atomic E-state index is -0.363. The Bertz CT molecular complexity index is 338. The van der Waals surface area contributed by atoms with Gasteiger partial charge in [-0.25, -0.2) is 4.39 Å². The number of esters is 1. The highest BCUT2D eigenvalue weighted by atomic mass is 19.1. The van der Waals surface area contributed by atoms with E-state index in [1.165, 1.54) is 19.2 Å². The zero-order valence-electron chi connectivity index (χ0n) is 8.70. The summed E-state index contributed by atoms with van der Waals surface area (Å²) in [6.07, 6.45) is -0.188. The number of carbonyl (C=O) groups is 1. The van der Waals surface area contributed by atoms with E-state index in [-0.39, 0.29) is 24.3 Å². The van der Waals surface area contributed by atoms with Crippen LogP contribution < -0.4 is 4.74 Å². The van der Waals surface area contributed by atoms with Gasteiger partial charge < -0.3 is 9.47 Å². The van der Waals surface area contributed by atoms with E-state index in [9.17, 15) is 9.18 Å². The normalized spacial score (nSPS) is 11.9. The number of benzene rings is 1. The second-order valence-electron chi connectivity index (χ2n) is 3.17. The van der Waals surface area contributed by atoms with Crippen molar-refractivity contribution in [3.05, 3.63) is 30.1 Å². The fourth-order valence-corrected chi connectivity index (χ4v) is 1.13. The molecule has 0 heterocycles. The molecule has 0 aliphatic heterocycles. The molecule has 1 unspecified atom stereocenters. The molecular formula is C11H13FO3. The molecule has 1 rings (SSSR count). The highest BCUT2D eigenvalue weighted by Crippen LogP contribution is 2.14. The third kappa shape index (κ3) is 3.97. The van der Waals surface area contributed by atoms with Crippen LogP contribution in [0.2, 0.25) is 0 Å². The zero-order chi connectivity index (χ0) is 11.3. The molecule has 4 heteroatoms. The first-order valence-electron chi connectivity index (χ1n) is 4.61. The van der Waals surface area contributed by atoms with Gasteiger partial charge in [-0.15, -0.1) is 0 Å². The Kier molecular flexibility index (Phi) is 4.09. The number of methoxy groups -OCH3 is 1. The minimum Gasteiger partial charge on any atom is -0.490 e. The summed E-state index contributed by atoms with van der Waals surface area (Å²) in [5.41, 5.74) is 0. The van der Waals surface area contributed by atoms with Crippen LogP contribution in [0.15, 0.2) is 24.3 Å². The average Bonchev–Trinajstić information content (AvgIpc) is 2.17. The highest BCUT2D eigenvalue weighted by Gasteiger charge is 2.10. The van der Waals surface area contributed by atoms with Crippen molar-refractivity contribution in [2.75, 3.05) is 7.11 Å². The van der Waals surface area contributed by atoms with Crippen LogP contribution in [-0.4, -0.2) is 19.2 Å². The van der Waals surface area contributed by atoms with Gasteiger partial charge in [0, 0.05) is 6.07 Å². The van der Waals surface area contributed by atoms with Crippen LogP contribution in [-0.2, 0) is 9.53 Å². The molecule has 82 valence electrons. The molecule has 0 bridgehead atoms. The summed E-state index contributed by atoms with van der Waals surface area (Å²) in [7, 11) is 1.32. The fraction of sp³-hybridized carbons (Fsp3) is 0.364. The minimum absolute atomic E-state index is 0.146. The van der Waals surface area contributed by atoms with Crippen molar-refractivity contribution in [2.45, 2.75) is 19.4 Å². The van der Waals surface area contributed by atoms with E-state index in [1.54, 1.807) is 19.1 Å². The molecule has 15 heavy (non-hydrogen) atoms. The molecule has 3 nitrogen and oxygen atoms in total. The van der Waals surface area contributed by atoms with E-state index in [2.05, 4.69) is 4.74 Å². The molecule has 0 saturated heterocycles. The predicted molar refractivity (Wildman–Crippen MR) is 53.1 cm³/mol. The van der Waals surface area contributed by atoms with Gasteiger partial charge in [0.15, 0.2) is 0 Å². The van der Waals surface area contributed by atoms with Gasteiger partial charge in [0.25, 0.3) is 0 Å². The van der Waals surface area contributed by atoms with Crippen LogP contribution in [0.3, 0.4) is 0 Å². The van der Waals surface area contributed by atoms with Gasteiger partial charge in [-0.3, -0.25) is 4.79 Å². The molecule has 1 atom stereocenters. The first kappa shape index (κ1) is 11.5. The molecule has 0 aliphatic rings. The van der Waals surface area contributed by atoms with Crippen molar-refractivity contribution in [3.63, 3.8) is 0 Å². The van der Waals surface area contributed by atoms with Crippen molar-refractivity contribution in [2.24, 2.45) is 0 Å². The van der Waals surface area contributed by atoms with Gasteiger partial charge in [0.05, 0.1) is 13.5 Å². The Hall–Kier alpha value is -1.58. The number of rotatable bonds is 4. The van der Waals surface area contributed by atoms with Crippen molar-refractivity contribution in [3.8, 4) is 5.75 Å². The maximum atomic E-state index is 12.8. The van der Waals surface area contributed by atoms with Crippen molar-refractivity contribution < 1.29 is 18.7 Å². The third-order valence-electron chi connectivity index (χ3n) is 1.82. The molecule has 0 saturated carbocycles. The van der Waals surface area contributed by atoms with E-state index in [1.807, 2.05) is 0 Å². The summed E-state index contributed by atoms with van der Waals surface area (Å²) in [5, 5.41) is 0. The van der Waals surface area contributed by atoms with E-state index in [0.29, 0.717) is 5.75 Å². The Morgan fingerprint density at radius 3 is 2.87 bits per heavy atom. The number of hydrogen-bond acceptors (Lipinski definition) is 3. The van der Waals surface area contributed by atoms with E-state index >= 15 is 0 Å². The number of halogens is 1. The topological polar surface area (TPSA) is 35.5 Å². The van der Waals surface area contributed by atoms with Crippen molar-refractivity contribution >= 4 is 5.97 Å². The molecule has 0 spiro atoms. The maximum Gasteiger partial charge on any atom is 0.309 e. The van der Waals surface area contributed by atoms with E-state index in [0.717, 1.165) is 0 Å². The molecule has 0 N–H and O–H groups in total. The van der Waals surface area contributed by atoms with Gasteiger partial charge in [0.2, 0.25) is 0 Å². The Balaban J connectivity index is 2.51. The van der Waals surface area contributed by atoms with Crippen LogP contribution >= 0.6 is 0 Å². The molecule has 0 radical (unpaired) electrons. The molecule has 1 aromatic carbocycles. The zero-order valence-corrected chi connectivity index (χ0v) is 8.70. The molecule has 0 amide bonds. The van der Waals surface area contributed by atoms with Crippen LogP contribution in [0.4, 0.5) is 4.39 Å². The fourth-order valence-electron chi connectivity index (χ4n) is 1.13. The lowest BCUT2D eigenvalue weighted by atomic mass is 10.3. The smallest absolute Gasteiger partial charge is 0.309 e. The Morgan fingerprint density at radius 1 is 1.53 bits per heavy atom. The summed E-state index contributed by atoms with van der Waals surface area (Å²) >= 11 is 0. The lowest BCUT2D eigenvalue weighted by Gasteiger charge is -2.13. The lowest BCUT2D eigenvalue weighted by Crippen LogP contribution is -2.17. The van der Waals surface area contributed by atoms with Gasteiger partial charge in [-0.1, -0.05) is 6.07 Å². The average molecular weight is 212 g/mol. The van der Waals surface area contributed by atoms with Gasteiger partial charge in [-0.05, 0) is 19.1 Å². The monoisotopic (exact) mass is 212 g/mol. The molecule has 1 aromatic rings. The highest BCUT2D eigenvalue weighted by molar-refractivity contribution is 5.69.